The molecule has 2 aliphatic rings. The summed E-state index contributed by atoms with van der Waals surface area (Å²) in [5.41, 5.74) is 0.524. The molecule has 180 valence electrons. The van der Waals surface area contributed by atoms with Crippen LogP contribution < -0.4 is 0 Å². The van der Waals surface area contributed by atoms with Crippen molar-refractivity contribution in [2.75, 3.05) is 39.4 Å². The number of morpholine rings is 1. The number of Topliss-reactive ketones (excluding diaryl/α,β-unsaturated/α-hetero) is 1. The molecule has 2 aromatic carbocycles. The Morgan fingerprint density at radius 3 is 2.60 bits per heavy atom. The fourth-order valence-corrected chi connectivity index (χ4v) is 4.57. The van der Waals surface area contributed by atoms with Gasteiger partial charge in [-0.1, -0.05) is 30.3 Å². The van der Waals surface area contributed by atoms with Crippen LogP contribution in [0.5, 0.6) is 0 Å². The number of carbonyl (C=O) groups is 2. The van der Waals surface area contributed by atoms with E-state index in [1.807, 2.05) is 0 Å². The van der Waals surface area contributed by atoms with Crippen molar-refractivity contribution in [2.24, 2.45) is 0 Å². The molecule has 1 N–H and O–H groups in total. The molecule has 0 bridgehead atoms. The second-order valence-electron chi connectivity index (χ2n) is 8.45. The zero-order valence-corrected chi connectivity index (χ0v) is 18.8. The first-order valence-electron chi connectivity index (χ1n) is 11.3. The molecule has 1 amide bonds. The van der Waals surface area contributed by atoms with Crippen molar-refractivity contribution in [1.82, 2.24) is 9.80 Å². The first-order chi connectivity index (χ1) is 16.9. The van der Waals surface area contributed by atoms with Gasteiger partial charge in [0.2, 0.25) is 5.78 Å². The first kappa shape index (κ1) is 22.8. The number of ether oxygens (including phenoxy) is 1. The standard InChI is InChI=1S/C25H23N3O7/c29-23(20-15-16-4-1-2-7-19(16)35-20)21-22(17-5-3-6-18(14-17)28(32)33)27(25(31)24(21)30)9-8-26-10-12-34-13-11-26/h1-7,14-15,22,30H,8-13H2/t22-/m0/s1. The van der Waals surface area contributed by atoms with E-state index in [0.717, 1.165) is 0 Å². The number of hydrogen-bond donors (Lipinski definition) is 1. The van der Waals surface area contributed by atoms with E-state index in [4.69, 9.17) is 9.15 Å². The molecule has 5 rings (SSSR count). The molecule has 10 heteroatoms. The summed E-state index contributed by atoms with van der Waals surface area (Å²) in [6, 6.07) is 13.4. The van der Waals surface area contributed by atoms with Gasteiger partial charge in [-0.2, -0.15) is 0 Å². The van der Waals surface area contributed by atoms with Crippen LogP contribution in [-0.2, 0) is 9.53 Å². The van der Waals surface area contributed by atoms with Gasteiger partial charge in [-0.05, 0) is 17.7 Å². The van der Waals surface area contributed by atoms with Crippen LogP contribution in [0.4, 0.5) is 5.69 Å². The SMILES string of the molecule is O=C(C1=C(O)C(=O)N(CCN2CCOCC2)[C@H]1c1cccc([N+](=O)[O-])c1)c1cc2ccccc2o1. The third-order valence-electron chi connectivity index (χ3n) is 6.36. The summed E-state index contributed by atoms with van der Waals surface area (Å²) < 4.78 is 11.1. The highest BCUT2D eigenvalue weighted by molar-refractivity contribution is 6.16. The number of nitrogens with zero attached hydrogens (tertiary/aromatic N) is 3. The number of carbonyl (C=O) groups excluding carboxylic acids is 2. The van der Waals surface area contributed by atoms with Gasteiger partial charge in [0.25, 0.3) is 11.6 Å². The molecule has 1 aromatic heterocycles. The van der Waals surface area contributed by atoms with E-state index < -0.39 is 28.4 Å². The van der Waals surface area contributed by atoms with Crippen molar-refractivity contribution >= 4 is 28.3 Å². The Bertz CT molecular complexity index is 1310. The van der Waals surface area contributed by atoms with Crippen LogP contribution >= 0.6 is 0 Å². The lowest BCUT2D eigenvalue weighted by Crippen LogP contribution is -2.43. The molecular weight excluding hydrogens is 454 g/mol. The predicted octanol–water partition coefficient (Wildman–Crippen LogP) is 3.25. The molecule has 0 radical (unpaired) electrons. The Morgan fingerprint density at radius 1 is 1.09 bits per heavy atom. The maximum Gasteiger partial charge on any atom is 0.290 e. The van der Waals surface area contributed by atoms with Crippen molar-refractivity contribution in [1.29, 1.82) is 0 Å². The number of aliphatic hydroxyl groups excluding tert-OH is 1. The number of para-hydroxylation sites is 1. The lowest BCUT2D eigenvalue weighted by Gasteiger charge is -2.31. The van der Waals surface area contributed by atoms with Crippen LogP contribution in [-0.4, -0.2) is 70.9 Å². The summed E-state index contributed by atoms with van der Waals surface area (Å²) in [5, 5.41) is 23.0. The lowest BCUT2D eigenvalue weighted by molar-refractivity contribution is -0.384. The number of non-ortho nitro benzene ring substituents is 1. The number of furan rings is 1. The fourth-order valence-electron chi connectivity index (χ4n) is 4.57. The molecule has 3 heterocycles. The molecule has 3 aromatic rings. The highest BCUT2D eigenvalue weighted by atomic mass is 16.6. The molecule has 1 atom stereocenters. The molecule has 0 saturated carbocycles. The summed E-state index contributed by atoms with van der Waals surface area (Å²) in [7, 11) is 0. The number of nitro groups is 1. The van der Waals surface area contributed by atoms with Gasteiger partial charge in [-0.25, -0.2) is 0 Å². The fraction of sp³-hybridized carbons (Fsp3) is 0.280. The third-order valence-corrected chi connectivity index (χ3v) is 6.36. The molecule has 1 saturated heterocycles. The summed E-state index contributed by atoms with van der Waals surface area (Å²) in [6.07, 6.45) is 0. The molecule has 0 aliphatic carbocycles. The summed E-state index contributed by atoms with van der Waals surface area (Å²) in [5.74, 6) is -2.04. The topological polar surface area (TPSA) is 126 Å². The number of amides is 1. The Balaban J connectivity index is 1.53. The normalized spacial score (nSPS) is 19.0. The monoisotopic (exact) mass is 477 g/mol. The van der Waals surface area contributed by atoms with Crippen molar-refractivity contribution in [3.63, 3.8) is 0 Å². The van der Waals surface area contributed by atoms with Crippen molar-refractivity contribution < 1.29 is 28.8 Å². The highest BCUT2D eigenvalue weighted by Gasteiger charge is 2.44. The van der Waals surface area contributed by atoms with Crippen LogP contribution in [0.3, 0.4) is 0 Å². The molecule has 0 spiro atoms. The van der Waals surface area contributed by atoms with Gasteiger partial charge in [0.15, 0.2) is 11.5 Å². The third kappa shape index (κ3) is 4.29. The molecular formula is C25H23N3O7. The van der Waals surface area contributed by atoms with Gasteiger partial charge in [0.1, 0.15) is 5.58 Å². The number of fused-ring (bicyclic) bond motifs is 1. The Morgan fingerprint density at radius 2 is 1.86 bits per heavy atom. The summed E-state index contributed by atoms with van der Waals surface area (Å²) >= 11 is 0. The lowest BCUT2D eigenvalue weighted by atomic mass is 9.94. The zero-order chi connectivity index (χ0) is 24.5. The zero-order valence-electron chi connectivity index (χ0n) is 18.8. The molecule has 0 unspecified atom stereocenters. The van der Waals surface area contributed by atoms with Crippen molar-refractivity contribution in [2.45, 2.75) is 6.04 Å². The Hall–Kier alpha value is -4.02. The minimum atomic E-state index is -0.996. The summed E-state index contributed by atoms with van der Waals surface area (Å²) in [6.45, 7) is 3.29. The van der Waals surface area contributed by atoms with E-state index in [0.29, 0.717) is 49.4 Å². The maximum atomic E-state index is 13.6. The Kier molecular flexibility index (Phi) is 6.06. The van der Waals surface area contributed by atoms with E-state index in [1.54, 1.807) is 36.4 Å². The minimum absolute atomic E-state index is 0.0222. The molecule has 10 nitrogen and oxygen atoms in total. The second-order valence-corrected chi connectivity index (χ2v) is 8.45. The van der Waals surface area contributed by atoms with E-state index in [9.17, 15) is 24.8 Å². The average molecular weight is 477 g/mol. The van der Waals surface area contributed by atoms with Gasteiger partial charge >= 0.3 is 0 Å². The van der Waals surface area contributed by atoms with Gasteiger partial charge in [0, 0.05) is 43.7 Å². The number of hydrogen-bond acceptors (Lipinski definition) is 8. The molecule has 2 aliphatic heterocycles. The van der Waals surface area contributed by atoms with Gasteiger partial charge in [-0.15, -0.1) is 0 Å². The number of aliphatic hydroxyl groups is 1. The van der Waals surface area contributed by atoms with E-state index in [-0.39, 0.29) is 23.6 Å². The first-order valence-corrected chi connectivity index (χ1v) is 11.3. The summed E-state index contributed by atoms with van der Waals surface area (Å²) in [4.78, 5) is 41.1. The number of nitro benzene ring substituents is 1. The number of ketones is 1. The molecule has 35 heavy (non-hydrogen) atoms. The van der Waals surface area contributed by atoms with E-state index in [2.05, 4.69) is 4.90 Å². The number of benzene rings is 2. The minimum Gasteiger partial charge on any atom is -0.503 e. The van der Waals surface area contributed by atoms with E-state index >= 15 is 0 Å². The molecule has 1 fully saturated rings. The highest BCUT2D eigenvalue weighted by Crippen LogP contribution is 2.40. The van der Waals surface area contributed by atoms with Gasteiger partial charge in [0.05, 0.1) is 29.8 Å². The Labute approximate surface area is 200 Å². The smallest absolute Gasteiger partial charge is 0.290 e. The van der Waals surface area contributed by atoms with Crippen LogP contribution in [0.15, 0.2) is 70.3 Å². The van der Waals surface area contributed by atoms with Crippen LogP contribution in [0, 0.1) is 10.1 Å². The van der Waals surface area contributed by atoms with Crippen molar-refractivity contribution in [3.8, 4) is 0 Å². The van der Waals surface area contributed by atoms with E-state index in [1.165, 1.54) is 23.1 Å². The number of rotatable bonds is 7. The average Bonchev–Trinajstić information content (AvgIpc) is 3.42. The van der Waals surface area contributed by atoms with Crippen molar-refractivity contribution in [3.05, 3.63) is 87.4 Å². The quantitative estimate of drug-likeness (QED) is 0.312. The van der Waals surface area contributed by atoms with Crippen LogP contribution in [0.1, 0.15) is 22.2 Å². The van der Waals surface area contributed by atoms with Crippen LogP contribution in [0.2, 0.25) is 0 Å². The van der Waals surface area contributed by atoms with Gasteiger partial charge in [-0.3, -0.25) is 24.6 Å². The second kappa shape index (κ2) is 9.32. The largest absolute Gasteiger partial charge is 0.503 e. The maximum absolute atomic E-state index is 13.6. The van der Waals surface area contributed by atoms with Crippen LogP contribution in [0.25, 0.3) is 11.0 Å². The predicted molar refractivity (Wildman–Crippen MR) is 125 cm³/mol. The van der Waals surface area contributed by atoms with Gasteiger partial charge < -0.3 is 19.2 Å².